The van der Waals surface area contributed by atoms with Crippen molar-refractivity contribution in [3.63, 3.8) is 0 Å². The number of hydrogen-bond acceptors (Lipinski definition) is 3. The van der Waals surface area contributed by atoms with Crippen LogP contribution < -0.4 is 10.5 Å². The molecule has 0 amide bonds. The molecule has 4 heteroatoms. The van der Waals surface area contributed by atoms with Crippen molar-refractivity contribution in [2.75, 3.05) is 6.61 Å². The number of ketones is 1. The van der Waals surface area contributed by atoms with E-state index >= 15 is 0 Å². The fourth-order valence-corrected chi connectivity index (χ4v) is 1.70. The summed E-state index contributed by atoms with van der Waals surface area (Å²) in [7, 11) is 0. The first-order valence-electron chi connectivity index (χ1n) is 5.58. The molecule has 0 heterocycles. The first-order chi connectivity index (χ1) is 7.83. The Morgan fingerprint density at radius 3 is 2.59 bits per heavy atom. The minimum atomic E-state index is -0.512. The van der Waals surface area contributed by atoms with Crippen LogP contribution in [0.4, 0.5) is 0 Å². The largest absolute Gasteiger partial charge is 0.492 e. The predicted octanol–water partition coefficient (Wildman–Crippen LogP) is 3.05. The van der Waals surface area contributed by atoms with Crippen molar-refractivity contribution in [2.45, 2.75) is 32.7 Å². The molecule has 3 nitrogen and oxygen atoms in total. The molecule has 2 N–H and O–H groups in total. The van der Waals surface area contributed by atoms with Gasteiger partial charge in [-0.15, -0.1) is 0 Å². The summed E-state index contributed by atoms with van der Waals surface area (Å²) in [6.07, 6.45) is 0.289. The lowest BCUT2D eigenvalue weighted by atomic mass is 9.95. The summed E-state index contributed by atoms with van der Waals surface area (Å²) in [6, 6.07) is 5.05. The van der Waals surface area contributed by atoms with Gasteiger partial charge >= 0.3 is 0 Å². The maximum atomic E-state index is 11.9. The van der Waals surface area contributed by atoms with Gasteiger partial charge in [0.05, 0.1) is 11.6 Å². The molecule has 0 atom stereocenters. The van der Waals surface area contributed by atoms with Gasteiger partial charge in [-0.05, 0) is 39.0 Å². The highest BCUT2D eigenvalue weighted by atomic mass is 35.5. The Balaban J connectivity index is 2.86. The Labute approximate surface area is 107 Å². The van der Waals surface area contributed by atoms with Crippen LogP contribution in [0.1, 0.15) is 37.6 Å². The van der Waals surface area contributed by atoms with E-state index in [0.29, 0.717) is 22.9 Å². The zero-order valence-electron chi connectivity index (χ0n) is 10.4. The smallest absolute Gasteiger partial charge is 0.164 e. The SMILES string of the molecule is CCOc1ccc(C(=O)CC(C)(C)N)cc1Cl. The maximum Gasteiger partial charge on any atom is 0.164 e. The van der Waals surface area contributed by atoms with Crippen molar-refractivity contribution in [1.82, 2.24) is 0 Å². The van der Waals surface area contributed by atoms with Gasteiger partial charge in [0, 0.05) is 17.5 Å². The molecule has 0 fully saturated rings. The van der Waals surface area contributed by atoms with Crippen LogP contribution in [0, 0.1) is 0 Å². The van der Waals surface area contributed by atoms with Crippen molar-refractivity contribution in [3.8, 4) is 5.75 Å². The van der Waals surface area contributed by atoms with E-state index in [1.807, 2.05) is 20.8 Å². The number of carbonyl (C=O) groups is 1. The van der Waals surface area contributed by atoms with Gasteiger partial charge in [-0.2, -0.15) is 0 Å². The standard InChI is InChI=1S/C13H18ClNO2/c1-4-17-12-6-5-9(7-10(12)14)11(16)8-13(2,3)15/h5-7H,4,8,15H2,1-3H3. The van der Waals surface area contributed by atoms with E-state index in [1.54, 1.807) is 18.2 Å². The average Bonchev–Trinajstić information content (AvgIpc) is 2.18. The molecule has 17 heavy (non-hydrogen) atoms. The highest BCUT2D eigenvalue weighted by Gasteiger charge is 2.18. The number of hydrogen-bond donors (Lipinski definition) is 1. The molecule has 1 rings (SSSR count). The van der Waals surface area contributed by atoms with Crippen molar-refractivity contribution < 1.29 is 9.53 Å². The third-order valence-corrected chi connectivity index (χ3v) is 2.47. The zero-order valence-corrected chi connectivity index (χ0v) is 11.2. The number of Topliss-reactive ketones (excluding diaryl/α,β-unsaturated/α-hetero) is 1. The second kappa shape index (κ2) is 5.52. The normalized spacial score (nSPS) is 11.4. The van der Waals surface area contributed by atoms with Crippen LogP contribution in [-0.2, 0) is 0 Å². The summed E-state index contributed by atoms with van der Waals surface area (Å²) in [5, 5.41) is 0.451. The number of nitrogens with two attached hydrogens (primary N) is 1. The molecule has 0 saturated carbocycles. The highest BCUT2D eigenvalue weighted by molar-refractivity contribution is 6.32. The molecule has 0 aliphatic heterocycles. The van der Waals surface area contributed by atoms with Crippen LogP contribution in [0.5, 0.6) is 5.75 Å². The van der Waals surface area contributed by atoms with Crippen molar-refractivity contribution in [2.24, 2.45) is 5.73 Å². The molecule has 1 aromatic carbocycles. The molecular formula is C13H18ClNO2. The molecule has 0 aliphatic carbocycles. The fourth-order valence-electron chi connectivity index (χ4n) is 1.46. The molecule has 0 aromatic heterocycles. The van der Waals surface area contributed by atoms with Gasteiger partial charge in [0.1, 0.15) is 5.75 Å². The summed E-state index contributed by atoms with van der Waals surface area (Å²) >= 11 is 6.02. The van der Waals surface area contributed by atoms with Crippen LogP contribution in [-0.4, -0.2) is 17.9 Å². The predicted molar refractivity (Wildman–Crippen MR) is 69.8 cm³/mol. The second-order valence-corrected chi connectivity index (χ2v) is 5.07. The van der Waals surface area contributed by atoms with E-state index in [-0.39, 0.29) is 12.2 Å². The zero-order chi connectivity index (χ0) is 13.1. The summed E-state index contributed by atoms with van der Waals surface area (Å²) in [4.78, 5) is 11.9. The topological polar surface area (TPSA) is 52.3 Å². The lowest BCUT2D eigenvalue weighted by Crippen LogP contribution is -2.34. The van der Waals surface area contributed by atoms with Gasteiger partial charge in [0.2, 0.25) is 0 Å². The molecule has 0 bridgehead atoms. The summed E-state index contributed by atoms with van der Waals surface area (Å²) in [5.74, 6) is 0.583. The van der Waals surface area contributed by atoms with E-state index in [2.05, 4.69) is 0 Å². The van der Waals surface area contributed by atoms with Gasteiger partial charge < -0.3 is 10.5 Å². The van der Waals surface area contributed by atoms with E-state index in [4.69, 9.17) is 22.1 Å². The van der Waals surface area contributed by atoms with Gasteiger partial charge in [-0.1, -0.05) is 11.6 Å². The van der Waals surface area contributed by atoms with E-state index in [0.717, 1.165) is 0 Å². The molecule has 0 radical (unpaired) electrons. The quantitative estimate of drug-likeness (QED) is 0.823. The highest BCUT2D eigenvalue weighted by Crippen LogP contribution is 2.26. The van der Waals surface area contributed by atoms with E-state index in [9.17, 15) is 4.79 Å². The Morgan fingerprint density at radius 1 is 1.47 bits per heavy atom. The van der Waals surface area contributed by atoms with Crippen LogP contribution in [0.2, 0.25) is 5.02 Å². The molecule has 0 saturated heterocycles. The number of rotatable bonds is 5. The second-order valence-electron chi connectivity index (χ2n) is 4.67. The van der Waals surface area contributed by atoms with Crippen molar-refractivity contribution in [1.29, 1.82) is 0 Å². The van der Waals surface area contributed by atoms with Crippen LogP contribution >= 0.6 is 11.6 Å². The lowest BCUT2D eigenvalue weighted by Gasteiger charge is -2.17. The number of ether oxygens (including phenoxy) is 1. The molecule has 0 aliphatic rings. The van der Waals surface area contributed by atoms with Crippen LogP contribution in [0.15, 0.2) is 18.2 Å². The number of halogens is 1. The number of benzene rings is 1. The Kier molecular flexibility index (Phi) is 4.54. The van der Waals surface area contributed by atoms with Crippen molar-refractivity contribution >= 4 is 17.4 Å². The lowest BCUT2D eigenvalue weighted by molar-refractivity contribution is 0.0960. The first-order valence-corrected chi connectivity index (χ1v) is 5.95. The Morgan fingerprint density at radius 2 is 2.12 bits per heavy atom. The van der Waals surface area contributed by atoms with Gasteiger partial charge in [0.15, 0.2) is 5.78 Å². The molecule has 94 valence electrons. The van der Waals surface area contributed by atoms with Crippen LogP contribution in [0.3, 0.4) is 0 Å². The Hall–Kier alpha value is -1.06. The third kappa shape index (κ3) is 4.36. The molecular weight excluding hydrogens is 238 g/mol. The van der Waals surface area contributed by atoms with E-state index < -0.39 is 5.54 Å². The van der Waals surface area contributed by atoms with Crippen LogP contribution in [0.25, 0.3) is 0 Å². The Bertz CT molecular complexity index is 410. The summed E-state index contributed by atoms with van der Waals surface area (Å²) in [5.41, 5.74) is 5.87. The molecule has 0 unspecified atom stereocenters. The van der Waals surface area contributed by atoms with Gasteiger partial charge in [-0.25, -0.2) is 0 Å². The minimum Gasteiger partial charge on any atom is -0.492 e. The van der Waals surface area contributed by atoms with Gasteiger partial charge in [0.25, 0.3) is 0 Å². The summed E-state index contributed by atoms with van der Waals surface area (Å²) in [6.45, 7) is 6.07. The first kappa shape index (κ1) is 14.0. The minimum absolute atomic E-state index is 0.0116. The molecule has 1 aromatic rings. The average molecular weight is 256 g/mol. The summed E-state index contributed by atoms with van der Waals surface area (Å²) < 4.78 is 5.30. The van der Waals surface area contributed by atoms with E-state index in [1.165, 1.54) is 0 Å². The monoisotopic (exact) mass is 255 g/mol. The third-order valence-electron chi connectivity index (χ3n) is 2.17. The maximum absolute atomic E-state index is 11.9. The van der Waals surface area contributed by atoms with Gasteiger partial charge in [-0.3, -0.25) is 4.79 Å². The number of carbonyl (C=O) groups excluding carboxylic acids is 1. The fraction of sp³-hybridized carbons (Fsp3) is 0.462. The van der Waals surface area contributed by atoms with Crippen molar-refractivity contribution in [3.05, 3.63) is 28.8 Å². The molecule has 0 spiro atoms.